The van der Waals surface area contributed by atoms with E-state index in [-0.39, 0.29) is 17.7 Å². The van der Waals surface area contributed by atoms with Crippen molar-refractivity contribution in [2.45, 2.75) is 19.3 Å². The highest BCUT2D eigenvalue weighted by atomic mass is 16.5. The average Bonchev–Trinajstić information content (AvgIpc) is 2.88. The lowest BCUT2D eigenvalue weighted by Crippen LogP contribution is -2.45. The molecule has 3 fully saturated rings. The second-order valence-electron chi connectivity index (χ2n) is 6.09. The van der Waals surface area contributed by atoms with Gasteiger partial charge in [-0.2, -0.15) is 0 Å². The summed E-state index contributed by atoms with van der Waals surface area (Å²) in [5, 5.41) is 9.60. The van der Waals surface area contributed by atoms with Crippen LogP contribution in [0.4, 0.5) is 0 Å². The van der Waals surface area contributed by atoms with Crippen LogP contribution in [0.15, 0.2) is 0 Å². The molecule has 0 aromatic carbocycles. The van der Waals surface area contributed by atoms with Gasteiger partial charge in [0.15, 0.2) is 0 Å². The number of nitrogens with zero attached hydrogens (tertiary/aromatic N) is 1. The van der Waals surface area contributed by atoms with Gasteiger partial charge >= 0.3 is 5.97 Å². The number of likely N-dealkylation sites (tertiary alicyclic amines) is 1. The second-order valence-corrected chi connectivity index (χ2v) is 6.09. The van der Waals surface area contributed by atoms with Crippen molar-refractivity contribution in [1.82, 2.24) is 4.90 Å². The van der Waals surface area contributed by atoms with E-state index in [4.69, 9.17) is 9.47 Å². The highest BCUT2D eigenvalue weighted by Crippen LogP contribution is 2.43. The third-order valence-electron chi connectivity index (χ3n) is 5.01. The van der Waals surface area contributed by atoms with Gasteiger partial charge in [-0.15, -0.1) is 0 Å². The molecule has 0 unspecified atom stereocenters. The van der Waals surface area contributed by atoms with Crippen LogP contribution >= 0.6 is 0 Å². The van der Waals surface area contributed by atoms with Gasteiger partial charge < -0.3 is 19.5 Å². The zero-order chi connectivity index (χ0) is 14.2. The molecule has 20 heavy (non-hydrogen) atoms. The molecule has 0 spiro atoms. The maximum Gasteiger partial charge on any atom is 0.311 e. The third-order valence-corrected chi connectivity index (χ3v) is 5.01. The van der Waals surface area contributed by atoms with Gasteiger partial charge in [0.1, 0.15) is 0 Å². The van der Waals surface area contributed by atoms with Crippen molar-refractivity contribution in [1.29, 1.82) is 0 Å². The fraction of sp³-hybridized carbons (Fsp3) is 0.857. The largest absolute Gasteiger partial charge is 0.481 e. The number of ether oxygens (including phenoxy) is 2. The Hall–Kier alpha value is -1.14. The van der Waals surface area contributed by atoms with Gasteiger partial charge in [0.2, 0.25) is 5.91 Å². The van der Waals surface area contributed by atoms with Gasteiger partial charge in [0.05, 0.1) is 12.0 Å². The summed E-state index contributed by atoms with van der Waals surface area (Å²) in [4.78, 5) is 26.0. The zero-order valence-electron chi connectivity index (χ0n) is 11.5. The molecule has 3 saturated heterocycles. The fourth-order valence-corrected chi connectivity index (χ4v) is 3.67. The smallest absolute Gasteiger partial charge is 0.311 e. The molecule has 3 aliphatic rings. The first-order chi connectivity index (χ1) is 9.63. The Morgan fingerprint density at radius 3 is 2.55 bits per heavy atom. The number of fused-ring (bicyclic) bond motifs is 1. The van der Waals surface area contributed by atoms with Crippen molar-refractivity contribution in [2.24, 2.45) is 17.3 Å². The molecule has 6 nitrogen and oxygen atoms in total. The van der Waals surface area contributed by atoms with Crippen molar-refractivity contribution in [3.05, 3.63) is 0 Å². The first-order valence-corrected chi connectivity index (χ1v) is 7.31. The van der Waals surface area contributed by atoms with Crippen LogP contribution in [0.3, 0.4) is 0 Å². The topological polar surface area (TPSA) is 76.1 Å². The molecule has 3 rings (SSSR count). The zero-order valence-corrected chi connectivity index (χ0v) is 11.5. The van der Waals surface area contributed by atoms with Crippen LogP contribution in [0.2, 0.25) is 0 Å². The molecule has 112 valence electrons. The standard InChI is InChI=1S/C14H21NO5/c16-12(10-1-4-19-5-2-10)15-7-11-8-20-6-3-14(11,9-15)13(17)18/h10-11H,1-9H2,(H,17,18)/t11-,14+/m0/s1. The van der Waals surface area contributed by atoms with E-state index >= 15 is 0 Å². The van der Waals surface area contributed by atoms with E-state index in [0.29, 0.717) is 45.9 Å². The summed E-state index contributed by atoms with van der Waals surface area (Å²) in [6.07, 6.45) is 2.00. The SMILES string of the molecule is O=C(C1CCOCC1)N1C[C@H]2COCC[C@@]2(C(=O)O)C1. The molecule has 0 aromatic heterocycles. The molecule has 0 bridgehead atoms. The van der Waals surface area contributed by atoms with Crippen LogP contribution in [0.1, 0.15) is 19.3 Å². The number of carbonyl (C=O) groups is 2. The monoisotopic (exact) mass is 283 g/mol. The number of rotatable bonds is 2. The number of hydrogen-bond donors (Lipinski definition) is 1. The summed E-state index contributed by atoms with van der Waals surface area (Å²) >= 11 is 0. The van der Waals surface area contributed by atoms with E-state index < -0.39 is 11.4 Å². The number of aliphatic carboxylic acids is 1. The molecular weight excluding hydrogens is 262 g/mol. The summed E-state index contributed by atoms with van der Waals surface area (Å²) in [5.41, 5.74) is -0.793. The van der Waals surface area contributed by atoms with Crippen molar-refractivity contribution < 1.29 is 24.2 Å². The maximum absolute atomic E-state index is 12.5. The predicted octanol–water partition coefficient (Wildman–Crippen LogP) is 0.363. The van der Waals surface area contributed by atoms with E-state index in [0.717, 1.165) is 12.8 Å². The van der Waals surface area contributed by atoms with Gasteiger partial charge in [-0.1, -0.05) is 0 Å². The first-order valence-electron chi connectivity index (χ1n) is 7.31. The van der Waals surface area contributed by atoms with Crippen LogP contribution in [-0.2, 0) is 19.1 Å². The number of carboxylic acids is 1. The molecule has 3 heterocycles. The minimum atomic E-state index is -0.793. The quantitative estimate of drug-likeness (QED) is 0.792. The van der Waals surface area contributed by atoms with Crippen molar-refractivity contribution in [2.75, 3.05) is 39.5 Å². The van der Waals surface area contributed by atoms with Gasteiger partial charge in [0, 0.05) is 44.7 Å². The molecule has 1 amide bonds. The van der Waals surface area contributed by atoms with Crippen LogP contribution < -0.4 is 0 Å². The molecule has 0 aromatic rings. The summed E-state index contributed by atoms with van der Waals surface area (Å²) in [6.45, 7) is 3.03. The molecule has 0 saturated carbocycles. The van der Waals surface area contributed by atoms with Crippen molar-refractivity contribution in [3.8, 4) is 0 Å². The van der Waals surface area contributed by atoms with Crippen molar-refractivity contribution in [3.63, 3.8) is 0 Å². The maximum atomic E-state index is 12.5. The van der Waals surface area contributed by atoms with E-state index in [2.05, 4.69) is 0 Å². The van der Waals surface area contributed by atoms with Gasteiger partial charge in [-0.05, 0) is 19.3 Å². The Morgan fingerprint density at radius 1 is 1.15 bits per heavy atom. The highest BCUT2D eigenvalue weighted by Gasteiger charge is 2.55. The minimum Gasteiger partial charge on any atom is -0.481 e. The van der Waals surface area contributed by atoms with E-state index in [9.17, 15) is 14.7 Å². The number of hydrogen-bond acceptors (Lipinski definition) is 4. The summed E-state index contributed by atoms with van der Waals surface area (Å²) < 4.78 is 10.7. The Balaban J connectivity index is 1.73. The normalized spacial score (nSPS) is 34.8. The summed E-state index contributed by atoms with van der Waals surface area (Å²) in [7, 11) is 0. The average molecular weight is 283 g/mol. The fourth-order valence-electron chi connectivity index (χ4n) is 3.67. The summed E-state index contributed by atoms with van der Waals surface area (Å²) in [5.74, 6) is -0.760. The molecule has 2 atom stereocenters. The lowest BCUT2D eigenvalue weighted by molar-refractivity contribution is -0.157. The molecule has 0 radical (unpaired) electrons. The molecule has 0 aliphatic carbocycles. The van der Waals surface area contributed by atoms with Gasteiger partial charge in [0.25, 0.3) is 0 Å². The Morgan fingerprint density at radius 2 is 1.90 bits per heavy atom. The van der Waals surface area contributed by atoms with Crippen LogP contribution in [0.25, 0.3) is 0 Å². The Labute approximate surface area is 118 Å². The van der Waals surface area contributed by atoms with Crippen molar-refractivity contribution >= 4 is 11.9 Å². The number of amides is 1. The third kappa shape index (κ3) is 2.20. The molecule has 6 heteroatoms. The Bertz CT molecular complexity index is 406. The first kappa shape index (κ1) is 13.8. The predicted molar refractivity (Wildman–Crippen MR) is 69.1 cm³/mol. The lowest BCUT2D eigenvalue weighted by Gasteiger charge is -2.34. The van der Waals surface area contributed by atoms with E-state index in [1.165, 1.54) is 0 Å². The van der Waals surface area contributed by atoms with Crippen LogP contribution in [0.5, 0.6) is 0 Å². The van der Waals surface area contributed by atoms with Gasteiger partial charge in [-0.3, -0.25) is 9.59 Å². The van der Waals surface area contributed by atoms with Gasteiger partial charge in [-0.25, -0.2) is 0 Å². The Kier molecular flexibility index (Phi) is 3.69. The lowest BCUT2D eigenvalue weighted by atomic mass is 9.74. The van der Waals surface area contributed by atoms with Crippen LogP contribution in [-0.4, -0.2) is 61.4 Å². The number of carboxylic acid groups (broad SMARTS) is 1. The second kappa shape index (κ2) is 5.33. The summed E-state index contributed by atoms with van der Waals surface area (Å²) in [6, 6.07) is 0. The highest BCUT2D eigenvalue weighted by molar-refractivity contribution is 5.82. The number of carbonyl (C=O) groups excluding carboxylic acids is 1. The minimum absolute atomic E-state index is 0.00401. The van der Waals surface area contributed by atoms with E-state index in [1.54, 1.807) is 4.90 Å². The van der Waals surface area contributed by atoms with E-state index in [1.807, 2.05) is 0 Å². The molecule has 1 N–H and O–H groups in total. The molecular formula is C14H21NO5. The molecule has 3 aliphatic heterocycles. The van der Waals surface area contributed by atoms with Crippen LogP contribution in [0, 0.1) is 17.3 Å².